The van der Waals surface area contributed by atoms with Crippen molar-refractivity contribution in [2.24, 2.45) is 0 Å². The lowest BCUT2D eigenvalue weighted by molar-refractivity contribution is -0.723. The third-order valence-electron chi connectivity index (χ3n) is 5.78. The second kappa shape index (κ2) is 11.0. The highest BCUT2D eigenvalue weighted by atomic mass is 16.5. The zero-order valence-electron chi connectivity index (χ0n) is 21.3. The van der Waals surface area contributed by atoms with Crippen LogP contribution in [0.25, 0.3) is 5.65 Å². The molecule has 8 nitrogen and oxygen atoms in total. The summed E-state index contributed by atoms with van der Waals surface area (Å²) in [5.74, 6) is 0.687. The van der Waals surface area contributed by atoms with E-state index in [0.717, 1.165) is 30.4 Å². The van der Waals surface area contributed by atoms with Crippen molar-refractivity contribution in [2.75, 3.05) is 12.3 Å². The summed E-state index contributed by atoms with van der Waals surface area (Å²) in [6.45, 7) is 13.8. The van der Waals surface area contributed by atoms with Crippen LogP contribution in [0.2, 0.25) is 0 Å². The highest BCUT2D eigenvalue weighted by molar-refractivity contribution is 5.95. The first-order valence-electron chi connectivity index (χ1n) is 12.1. The molecule has 0 bridgehead atoms. The van der Waals surface area contributed by atoms with E-state index >= 15 is 0 Å². The number of fused-ring (bicyclic) bond motifs is 1. The van der Waals surface area contributed by atoms with Crippen molar-refractivity contribution in [2.45, 2.75) is 85.5 Å². The molecular formula is C26H38N5O3+. The van der Waals surface area contributed by atoms with E-state index in [1.54, 1.807) is 12.1 Å². The second-order valence-electron chi connectivity index (χ2n) is 9.66. The van der Waals surface area contributed by atoms with Crippen molar-refractivity contribution in [3.8, 4) is 5.88 Å². The van der Waals surface area contributed by atoms with E-state index in [-0.39, 0.29) is 29.8 Å². The van der Waals surface area contributed by atoms with Crippen molar-refractivity contribution in [1.29, 1.82) is 0 Å². The van der Waals surface area contributed by atoms with Crippen molar-refractivity contribution in [1.82, 2.24) is 14.7 Å². The Hall–Kier alpha value is -3.00. The van der Waals surface area contributed by atoms with Gasteiger partial charge in [0.1, 0.15) is 6.10 Å². The average Bonchev–Trinajstić information content (AvgIpc) is 3.11. The summed E-state index contributed by atoms with van der Waals surface area (Å²) in [6, 6.07) is 9.55. The summed E-state index contributed by atoms with van der Waals surface area (Å²) in [5.41, 5.74) is 9.47. The predicted molar refractivity (Wildman–Crippen MR) is 132 cm³/mol. The van der Waals surface area contributed by atoms with Crippen LogP contribution >= 0.6 is 0 Å². The maximum atomic E-state index is 13.3. The smallest absolute Gasteiger partial charge is 0.401 e. The van der Waals surface area contributed by atoms with E-state index in [4.69, 9.17) is 15.2 Å². The number of nitrogens with two attached hydrogens (primary N) is 1. The average molecular weight is 469 g/mol. The molecular weight excluding hydrogens is 430 g/mol. The SMILES string of the molecule is CCCOCc1cc(C(=O)C[n+]2nc3ccc(OC(CC)CC)nn3c2N)cc(C(C)(C)C)c1. The minimum absolute atomic E-state index is 0.0147. The first-order valence-corrected chi connectivity index (χ1v) is 12.1. The Balaban J connectivity index is 1.87. The number of nitrogen functional groups attached to an aromatic ring is 1. The largest absolute Gasteiger partial charge is 0.472 e. The third kappa shape index (κ3) is 6.11. The summed E-state index contributed by atoms with van der Waals surface area (Å²) in [5, 5.41) is 8.96. The zero-order valence-corrected chi connectivity index (χ0v) is 21.3. The first-order chi connectivity index (χ1) is 16.2. The molecule has 0 saturated heterocycles. The standard InChI is InChI=1S/C26H37N5O3/c1-7-12-33-17-18-13-19(15-20(14-18)26(4,5)6)22(32)16-30-25(27)31-23(28-30)10-11-24(29-31)34-21(8-2)9-3/h10-11,13-15,21,27H,7-9,12,16-17H2,1-6H3/p+1. The molecule has 0 aliphatic rings. The van der Waals surface area contributed by atoms with E-state index < -0.39 is 0 Å². The lowest BCUT2D eigenvalue weighted by Gasteiger charge is -2.21. The lowest BCUT2D eigenvalue weighted by Crippen LogP contribution is -2.42. The zero-order chi connectivity index (χ0) is 24.9. The normalized spacial score (nSPS) is 12.0. The molecule has 0 amide bonds. The van der Waals surface area contributed by atoms with Crippen LogP contribution in [0.1, 0.15) is 82.3 Å². The number of benzene rings is 1. The number of hydrogen-bond acceptors (Lipinski definition) is 6. The molecule has 184 valence electrons. The van der Waals surface area contributed by atoms with Crippen LogP contribution in [0.15, 0.2) is 30.3 Å². The van der Waals surface area contributed by atoms with Crippen LogP contribution in [-0.4, -0.2) is 33.2 Å². The molecule has 1 aromatic carbocycles. The molecule has 0 radical (unpaired) electrons. The molecule has 0 aliphatic carbocycles. The van der Waals surface area contributed by atoms with Crippen LogP contribution in [0.3, 0.4) is 0 Å². The number of carbonyl (C=O) groups excluding carboxylic acids is 1. The number of rotatable bonds is 11. The molecule has 0 spiro atoms. The maximum Gasteiger partial charge on any atom is 0.401 e. The van der Waals surface area contributed by atoms with Crippen LogP contribution in [0.5, 0.6) is 5.88 Å². The van der Waals surface area contributed by atoms with Crippen molar-refractivity contribution < 1.29 is 19.0 Å². The fourth-order valence-electron chi connectivity index (χ4n) is 3.66. The molecule has 2 N–H and O–H groups in total. The number of carbonyl (C=O) groups is 1. The van der Waals surface area contributed by atoms with Gasteiger partial charge in [-0.15, -0.1) is 4.68 Å². The molecule has 3 aromatic rings. The molecule has 2 heterocycles. The van der Waals surface area contributed by atoms with Gasteiger partial charge >= 0.3 is 5.95 Å². The third-order valence-corrected chi connectivity index (χ3v) is 5.78. The van der Waals surface area contributed by atoms with Gasteiger partial charge in [0, 0.05) is 24.3 Å². The van der Waals surface area contributed by atoms with E-state index in [9.17, 15) is 4.79 Å². The molecule has 0 fully saturated rings. The summed E-state index contributed by atoms with van der Waals surface area (Å²) >= 11 is 0. The number of Topliss-reactive ketones (excluding diaryl/α,β-unsaturated/α-hetero) is 1. The van der Waals surface area contributed by atoms with Crippen LogP contribution in [-0.2, 0) is 23.3 Å². The monoisotopic (exact) mass is 468 g/mol. The van der Waals surface area contributed by atoms with Crippen molar-refractivity contribution >= 4 is 17.4 Å². The van der Waals surface area contributed by atoms with Gasteiger partial charge in [-0.1, -0.05) is 62.3 Å². The molecule has 0 unspecified atom stereocenters. The minimum Gasteiger partial charge on any atom is -0.472 e. The number of aromatic nitrogens is 4. The van der Waals surface area contributed by atoms with Gasteiger partial charge in [-0.2, -0.15) is 0 Å². The highest BCUT2D eigenvalue weighted by Gasteiger charge is 2.23. The van der Waals surface area contributed by atoms with E-state index in [1.807, 2.05) is 12.1 Å². The molecule has 8 heteroatoms. The summed E-state index contributed by atoms with van der Waals surface area (Å²) in [6.07, 6.45) is 2.83. The van der Waals surface area contributed by atoms with Crippen molar-refractivity contribution in [3.05, 3.63) is 47.0 Å². The Morgan fingerprint density at radius 1 is 1.15 bits per heavy atom. The van der Waals surface area contributed by atoms with Gasteiger partial charge in [-0.3, -0.25) is 10.5 Å². The summed E-state index contributed by atoms with van der Waals surface area (Å²) in [4.78, 5) is 13.3. The Kier molecular flexibility index (Phi) is 8.25. The number of nitrogens with zero attached hydrogens (tertiary/aromatic N) is 4. The fraction of sp³-hybridized carbons (Fsp3) is 0.538. The number of ether oxygens (including phenoxy) is 2. The van der Waals surface area contributed by atoms with E-state index in [0.29, 0.717) is 30.3 Å². The van der Waals surface area contributed by atoms with Gasteiger partial charge in [-0.05, 0) is 47.9 Å². The van der Waals surface area contributed by atoms with Gasteiger partial charge < -0.3 is 9.47 Å². The number of anilines is 1. The fourth-order valence-corrected chi connectivity index (χ4v) is 3.66. The molecule has 3 rings (SSSR count). The Bertz CT molecular complexity index is 1130. The predicted octanol–water partition coefficient (Wildman–Crippen LogP) is 4.27. The van der Waals surface area contributed by atoms with Crippen LogP contribution in [0.4, 0.5) is 5.95 Å². The Morgan fingerprint density at radius 3 is 2.53 bits per heavy atom. The Morgan fingerprint density at radius 2 is 1.88 bits per heavy atom. The number of ketones is 1. The highest BCUT2D eigenvalue weighted by Crippen LogP contribution is 2.25. The second-order valence-corrected chi connectivity index (χ2v) is 9.66. The maximum absolute atomic E-state index is 13.3. The number of hydrogen-bond donors (Lipinski definition) is 1. The van der Waals surface area contributed by atoms with Gasteiger partial charge in [0.05, 0.1) is 6.61 Å². The van der Waals surface area contributed by atoms with Gasteiger partial charge in [-0.25, -0.2) is 0 Å². The molecule has 0 atom stereocenters. The van der Waals surface area contributed by atoms with Gasteiger partial charge in [0.25, 0.3) is 5.65 Å². The summed E-state index contributed by atoms with van der Waals surface area (Å²) in [7, 11) is 0. The van der Waals surface area contributed by atoms with Gasteiger partial charge in [0.15, 0.2) is 12.3 Å². The Labute approximate surface area is 202 Å². The lowest BCUT2D eigenvalue weighted by atomic mass is 9.84. The van der Waals surface area contributed by atoms with Crippen LogP contribution in [0, 0.1) is 0 Å². The van der Waals surface area contributed by atoms with Crippen molar-refractivity contribution in [3.63, 3.8) is 0 Å². The summed E-state index contributed by atoms with van der Waals surface area (Å²) < 4.78 is 14.7. The quantitative estimate of drug-likeness (QED) is 0.256. The van der Waals surface area contributed by atoms with E-state index in [2.05, 4.69) is 57.8 Å². The molecule has 0 saturated carbocycles. The van der Waals surface area contributed by atoms with Gasteiger partial charge in [0.2, 0.25) is 5.88 Å². The van der Waals surface area contributed by atoms with Crippen LogP contribution < -0.4 is 15.2 Å². The molecule has 2 aromatic heterocycles. The first kappa shape index (κ1) is 25.6. The molecule has 0 aliphatic heterocycles. The molecule has 34 heavy (non-hydrogen) atoms. The minimum atomic E-state index is -0.0970. The van der Waals surface area contributed by atoms with E-state index in [1.165, 1.54) is 9.20 Å². The topological polar surface area (TPSA) is 95.6 Å².